The minimum atomic E-state index is -4.27. The van der Waals surface area contributed by atoms with Crippen LogP contribution in [0.15, 0.2) is 129 Å². The van der Waals surface area contributed by atoms with Crippen LogP contribution in [-0.2, 0) is 40.7 Å². The molecule has 0 unspecified atom stereocenters. The summed E-state index contributed by atoms with van der Waals surface area (Å²) in [6.45, 7) is 3.97. The molecule has 278 valence electrons. The zero-order chi connectivity index (χ0) is 37.8. The van der Waals surface area contributed by atoms with Crippen LogP contribution in [0.1, 0.15) is 75.3 Å². The molecule has 0 aromatic heterocycles. The maximum atomic E-state index is 12.5. The second-order valence-electron chi connectivity index (χ2n) is 13.0. The maximum Gasteiger partial charge on any atom is 0.495 e. The minimum Gasteiger partial charge on any atom is -0.744 e. The summed E-state index contributed by atoms with van der Waals surface area (Å²) in [6, 6.07) is 36.1. The van der Waals surface area contributed by atoms with E-state index < -0.39 is 44.7 Å². The molecule has 13 heteroatoms. The van der Waals surface area contributed by atoms with Crippen molar-refractivity contribution in [2.45, 2.75) is 108 Å². The number of sulfone groups is 2. The first-order chi connectivity index (χ1) is 24.7. The largest absolute Gasteiger partial charge is 0.744 e. The van der Waals surface area contributed by atoms with E-state index in [2.05, 4.69) is 96.6 Å². The second-order valence-corrected chi connectivity index (χ2v) is 20.9. The van der Waals surface area contributed by atoms with Crippen molar-refractivity contribution >= 4 is 45.1 Å². The highest BCUT2D eigenvalue weighted by Crippen LogP contribution is 2.32. The predicted molar refractivity (Wildman–Crippen MR) is 206 cm³/mol. The van der Waals surface area contributed by atoms with Crippen LogP contribution in [0.25, 0.3) is 5.53 Å². The van der Waals surface area contributed by atoms with Gasteiger partial charge >= 0.3 is 4.38 Å². The van der Waals surface area contributed by atoms with Gasteiger partial charge in [0.2, 0.25) is 0 Å². The second kappa shape index (κ2) is 19.0. The summed E-state index contributed by atoms with van der Waals surface area (Å²) in [5.74, 6) is 0. The normalized spacial score (nSPS) is 15.7. The molecule has 52 heavy (non-hydrogen) atoms. The molecule has 0 spiro atoms. The molecular weight excluding hydrogens is 737 g/mol. The van der Waals surface area contributed by atoms with Gasteiger partial charge in [0.15, 0.2) is 14.7 Å². The molecule has 2 saturated carbocycles. The molecule has 0 atom stereocenters. The van der Waals surface area contributed by atoms with E-state index >= 15 is 0 Å². The number of benzene rings is 4. The molecule has 0 N–H and O–H groups in total. The van der Waals surface area contributed by atoms with E-state index in [1.165, 1.54) is 32.4 Å². The van der Waals surface area contributed by atoms with Crippen molar-refractivity contribution in [3.8, 4) is 0 Å². The van der Waals surface area contributed by atoms with Gasteiger partial charge in [-0.2, -0.15) is 0 Å². The Morgan fingerprint density at radius 1 is 0.577 bits per heavy atom. The van der Waals surface area contributed by atoms with Crippen molar-refractivity contribution in [2.24, 2.45) is 0 Å². The van der Waals surface area contributed by atoms with Crippen molar-refractivity contribution < 1.29 is 34.6 Å². The third kappa shape index (κ3) is 11.2. The van der Waals surface area contributed by atoms with Crippen LogP contribution < -0.4 is 0 Å². The molecule has 2 aliphatic rings. The van der Waals surface area contributed by atoms with Crippen LogP contribution >= 0.6 is 0 Å². The van der Waals surface area contributed by atoms with Crippen molar-refractivity contribution in [3.63, 3.8) is 0 Å². The zero-order valence-electron chi connectivity index (χ0n) is 29.5. The Kier molecular flexibility index (Phi) is 15.0. The standard InChI is InChI=1S/C19H17S.C13H22N2O4S2.C7H8O3S/c1-16-9-8-14-19(15-16)20(17-10-4-2-5-11-17)18-12-6-3-7-13-18;14-15-13(20(16,17)11-7-3-1-4-8-11)21(18,19)12-9-5-2-6-10-12;1-6-2-4-7(5-3-6)11(8,9)10/h2-15H,1H3;11-12H,1-10H2;2-5H,1H3,(H,8,9,10)/q+1;;/p-1. The summed E-state index contributed by atoms with van der Waals surface area (Å²) < 4.78 is 80.3. The molecular formula is C39H46N2O7S4. The van der Waals surface area contributed by atoms with Crippen molar-refractivity contribution in [1.82, 2.24) is 0 Å². The smallest absolute Gasteiger partial charge is 0.495 e. The fraction of sp³-hybridized carbons (Fsp3) is 0.359. The van der Waals surface area contributed by atoms with Crippen LogP contribution in [0.5, 0.6) is 0 Å². The van der Waals surface area contributed by atoms with Gasteiger partial charge in [0.05, 0.1) is 26.3 Å². The zero-order valence-corrected chi connectivity index (χ0v) is 32.8. The third-order valence-corrected chi connectivity index (χ3v) is 17.3. The maximum absolute atomic E-state index is 12.5. The van der Waals surface area contributed by atoms with Gasteiger partial charge in [-0.05, 0) is 93.6 Å². The highest BCUT2D eigenvalue weighted by atomic mass is 32.3. The average molecular weight is 783 g/mol. The SMILES string of the molecule is Cc1ccc(S(=O)(=O)[O-])cc1.Cc1cccc([S+](c2ccccc2)c2ccccc2)c1.[N-]=[N+]=C(S(=O)(=O)C1CCCCC1)S(=O)(=O)C1CCCCC1. The first-order valence-corrected chi connectivity index (χ1v) is 23.1. The van der Waals surface area contributed by atoms with Crippen molar-refractivity contribution in [3.05, 3.63) is 126 Å². The Balaban J connectivity index is 0.000000183. The van der Waals surface area contributed by atoms with Crippen molar-refractivity contribution in [1.29, 1.82) is 0 Å². The van der Waals surface area contributed by atoms with Gasteiger partial charge in [0.1, 0.15) is 10.1 Å². The van der Waals surface area contributed by atoms with Gasteiger partial charge in [-0.1, -0.05) is 105 Å². The van der Waals surface area contributed by atoms with Crippen LogP contribution in [0, 0.1) is 13.8 Å². The van der Waals surface area contributed by atoms with Gasteiger partial charge in [0.25, 0.3) is 19.7 Å². The Bertz CT molecular complexity index is 2040. The van der Waals surface area contributed by atoms with E-state index in [0.29, 0.717) is 25.7 Å². The lowest BCUT2D eigenvalue weighted by Crippen LogP contribution is -2.40. The number of aryl methyl sites for hydroxylation is 2. The molecule has 0 radical (unpaired) electrons. The van der Waals surface area contributed by atoms with Crippen molar-refractivity contribution in [2.75, 3.05) is 0 Å². The minimum absolute atomic E-state index is 0.0249. The molecule has 9 nitrogen and oxygen atoms in total. The lowest BCUT2D eigenvalue weighted by molar-refractivity contribution is 0.00359. The molecule has 0 amide bonds. The summed E-state index contributed by atoms with van der Waals surface area (Å²) in [7, 11) is -12.4. The topological polar surface area (TPSA) is 162 Å². The van der Waals surface area contributed by atoms with E-state index in [4.69, 9.17) is 5.53 Å². The van der Waals surface area contributed by atoms with Crippen LogP contribution in [0.2, 0.25) is 0 Å². The average Bonchev–Trinajstić information content (AvgIpc) is 3.14. The van der Waals surface area contributed by atoms with E-state index in [1.807, 2.05) is 6.92 Å². The molecule has 2 aliphatic carbocycles. The van der Waals surface area contributed by atoms with Gasteiger partial charge in [-0.25, -0.2) is 25.3 Å². The molecule has 6 rings (SSSR count). The summed E-state index contributed by atoms with van der Waals surface area (Å²) in [5.41, 5.74) is 11.3. The van der Waals surface area contributed by atoms with Gasteiger partial charge in [-0.15, -0.1) is 4.79 Å². The van der Waals surface area contributed by atoms with E-state index in [0.717, 1.165) is 44.1 Å². The summed E-state index contributed by atoms with van der Waals surface area (Å²) in [5, 5.41) is -1.45. The Hall–Kier alpha value is -3.58. The number of nitrogens with zero attached hydrogens (tertiary/aromatic N) is 2. The first kappa shape index (κ1) is 41.2. The molecule has 0 heterocycles. The lowest BCUT2D eigenvalue weighted by atomic mass is 10.0. The van der Waals surface area contributed by atoms with Gasteiger partial charge in [-0.3, -0.25) is 0 Å². The lowest BCUT2D eigenvalue weighted by Gasteiger charge is -2.22. The Morgan fingerprint density at radius 3 is 1.38 bits per heavy atom. The molecule has 4 aromatic carbocycles. The summed E-state index contributed by atoms with van der Waals surface area (Å²) in [6.07, 6.45) is 6.79. The molecule has 0 saturated heterocycles. The number of hydrogen-bond donors (Lipinski definition) is 0. The number of rotatable bonds is 6. The highest BCUT2D eigenvalue weighted by molar-refractivity contribution is 8.31. The monoisotopic (exact) mass is 782 g/mol. The van der Waals surface area contributed by atoms with Crippen LogP contribution in [0.3, 0.4) is 0 Å². The summed E-state index contributed by atoms with van der Waals surface area (Å²) >= 11 is 0. The molecule has 4 aromatic rings. The summed E-state index contributed by atoms with van der Waals surface area (Å²) in [4.78, 5) is 6.65. The molecule has 0 bridgehead atoms. The van der Waals surface area contributed by atoms with Crippen LogP contribution in [-0.4, -0.2) is 49.5 Å². The van der Waals surface area contributed by atoms with E-state index in [1.54, 1.807) is 12.1 Å². The highest BCUT2D eigenvalue weighted by Gasteiger charge is 2.49. The molecule has 2 fully saturated rings. The number of hydrogen-bond acceptors (Lipinski definition) is 7. The molecule has 0 aliphatic heterocycles. The van der Waals surface area contributed by atoms with E-state index in [9.17, 15) is 29.8 Å². The predicted octanol–water partition coefficient (Wildman–Crippen LogP) is 8.06. The van der Waals surface area contributed by atoms with E-state index in [-0.39, 0.29) is 15.8 Å². The van der Waals surface area contributed by atoms with Crippen LogP contribution in [0.4, 0.5) is 0 Å². The quantitative estimate of drug-likeness (QED) is 0.0477. The fourth-order valence-corrected chi connectivity index (χ4v) is 13.8. The third-order valence-electron chi connectivity index (χ3n) is 9.04. The Morgan fingerprint density at radius 2 is 1.00 bits per heavy atom. The van der Waals surface area contributed by atoms with Gasteiger partial charge < -0.3 is 10.1 Å². The first-order valence-electron chi connectivity index (χ1n) is 17.4. The fourth-order valence-electron chi connectivity index (χ4n) is 6.28. The van der Waals surface area contributed by atoms with Gasteiger partial charge in [0, 0.05) is 0 Å². The Labute approximate surface area is 312 Å².